The molecule has 2 aromatic rings. The van der Waals surface area contributed by atoms with Gasteiger partial charge in [0.15, 0.2) is 0 Å². The summed E-state index contributed by atoms with van der Waals surface area (Å²) in [5.74, 6) is -0.293. The van der Waals surface area contributed by atoms with Crippen molar-refractivity contribution in [3.8, 4) is 0 Å². The van der Waals surface area contributed by atoms with Crippen LogP contribution >= 0.6 is 0 Å². The fourth-order valence-corrected chi connectivity index (χ4v) is 4.33. The van der Waals surface area contributed by atoms with E-state index in [0.29, 0.717) is 0 Å². The van der Waals surface area contributed by atoms with Crippen molar-refractivity contribution in [2.75, 3.05) is 25.4 Å². The van der Waals surface area contributed by atoms with Gasteiger partial charge >= 0.3 is 0 Å². The van der Waals surface area contributed by atoms with E-state index in [1.54, 1.807) is 0 Å². The number of likely N-dealkylation sites (tertiary alicyclic amines) is 1. The highest BCUT2D eigenvalue weighted by Gasteiger charge is 2.29. The molecule has 0 bridgehead atoms. The third-order valence-electron chi connectivity index (χ3n) is 4.88. The molecule has 0 radical (unpaired) electrons. The molecule has 1 atom stereocenters. The molecule has 1 fully saturated rings. The first-order valence-corrected chi connectivity index (χ1v) is 11.3. The highest BCUT2D eigenvalue weighted by molar-refractivity contribution is 7.89. The first-order valence-electron chi connectivity index (χ1n) is 9.63. The maximum absolute atomic E-state index is 12.8. The van der Waals surface area contributed by atoms with Crippen LogP contribution < -0.4 is 10.0 Å². The van der Waals surface area contributed by atoms with Gasteiger partial charge < -0.3 is 5.32 Å². The minimum absolute atomic E-state index is 0.0835. The molecule has 6 nitrogen and oxygen atoms in total. The third-order valence-corrected chi connectivity index (χ3v) is 6.20. The van der Waals surface area contributed by atoms with Crippen LogP contribution in [0.3, 0.4) is 0 Å². The van der Waals surface area contributed by atoms with Crippen LogP contribution in [-0.2, 0) is 21.4 Å². The Balaban J connectivity index is 1.54. The molecule has 1 aliphatic rings. The van der Waals surface area contributed by atoms with E-state index in [1.807, 2.05) is 60.7 Å². The smallest absolute Gasteiger partial charge is 0.241 e. The van der Waals surface area contributed by atoms with E-state index < -0.39 is 10.0 Å². The molecule has 1 heterocycles. The molecule has 28 heavy (non-hydrogen) atoms. The average Bonchev–Trinajstić information content (AvgIpc) is 3.22. The monoisotopic (exact) mass is 401 g/mol. The molecule has 1 amide bonds. The molecular formula is C21H27N3O3S. The Morgan fingerprint density at radius 3 is 2.21 bits per heavy atom. The van der Waals surface area contributed by atoms with E-state index >= 15 is 0 Å². The molecular weight excluding hydrogens is 374 g/mol. The summed E-state index contributed by atoms with van der Waals surface area (Å²) in [6, 6.07) is 18.6. The minimum atomic E-state index is -3.46. The summed E-state index contributed by atoms with van der Waals surface area (Å²) in [7, 11) is -3.46. The van der Waals surface area contributed by atoms with E-state index in [0.717, 1.165) is 37.1 Å². The molecule has 0 aromatic heterocycles. The molecule has 150 valence electrons. The van der Waals surface area contributed by atoms with Gasteiger partial charge in [-0.25, -0.2) is 13.1 Å². The van der Waals surface area contributed by atoms with Gasteiger partial charge in [0.1, 0.15) is 6.04 Å². The zero-order valence-corrected chi connectivity index (χ0v) is 16.7. The molecule has 0 aliphatic carbocycles. The minimum Gasteiger partial charge on any atom is -0.353 e. The number of hydrogen-bond acceptors (Lipinski definition) is 4. The number of carbonyl (C=O) groups is 1. The first kappa shape index (κ1) is 20.5. The second kappa shape index (κ2) is 9.82. The number of amides is 1. The standard InChI is InChI=1S/C21H27N3O3S/c25-21(20(24-14-7-8-15-24)19-11-5-2-6-12-19)22-13-16-28(26,27)23-17-18-9-3-1-4-10-18/h1-6,9-12,20,23H,7-8,13-17H2,(H,22,25). The molecule has 0 spiro atoms. The van der Waals surface area contributed by atoms with Crippen LogP contribution in [0.25, 0.3) is 0 Å². The van der Waals surface area contributed by atoms with E-state index in [2.05, 4.69) is 14.9 Å². The highest BCUT2D eigenvalue weighted by atomic mass is 32.2. The van der Waals surface area contributed by atoms with Crippen molar-refractivity contribution in [1.29, 1.82) is 0 Å². The lowest BCUT2D eigenvalue weighted by Crippen LogP contribution is -2.41. The van der Waals surface area contributed by atoms with Crippen molar-refractivity contribution in [1.82, 2.24) is 14.9 Å². The predicted molar refractivity (Wildman–Crippen MR) is 110 cm³/mol. The SMILES string of the molecule is O=C(NCCS(=O)(=O)NCc1ccccc1)C(c1ccccc1)N1CCCC1. The van der Waals surface area contributed by atoms with E-state index in [9.17, 15) is 13.2 Å². The normalized spacial score (nSPS) is 16.0. The summed E-state index contributed by atoms with van der Waals surface area (Å²) in [6.07, 6.45) is 2.16. The molecule has 7 heteroatoms. The number of sulfonamides is 1. The summed E-state index contributed by atoms with van der Waals surface area (Å²) in [5, 5.41) is 2.81. The lowest BCUT2D eigenvalue weighted by Gasteiger charge is -2.27. The number of nitrogens with one attached hydrogen (secondary N) is 2. The number of nitrogens with zero attached hydrogens (tertiary/aromatic N) is 1. The Labute approximate surface area is 167 Å². The zero-order chi connectivity index (χ0) is 19.8. The number of benzene rings is 2. The summed E-state index contributed by atoms with van der Waals surface area (Å²) in [6.45, 7) is 2.09. The summed E-state index contributed by atoms with van der Waals surface area (Å²) < 4.78 is 27.0. The van der Waals surface area contributed by atoms with Crippen molar-refractivity contribution >= 4 is 15.9 Å². The van der Waals surface area contributed by atoms with Crippen LogP contribution in [0, 0.1) is 0 Å². The summed E-state index contributed by atoms with van der Waals surface area (Å²) >= 11 is 0. The van der Waals surface area contributed by atoms with Gasteiger partial charge in [0, 0.05) is 13.1 Å². The molecule has 1 unspecified atom stereocenters. The van der Waals surface area contributed by atoms with Crippen LogP contribution in [0.15, 0.2) is 60.7 Å². The van der Waals surface area contributed by atoms with Gasteiger partial charge in [0.25, 0.3) is 0 Å². The van der Waals surface area contributed by atoms with Crippen molar-refractivity contribution in [2.24, 2.45) is 0 Å². The third kappa shape index (κ3) is 5.89. The van der Waals surface area contributed by atoms with Gasteiger partial charge in [0.05, 0.1) is 5.75 Å². The second-order valence-corrected chi connectivity index (χ2v) is 8.90. The maximum atomic E-state index is 12.8. The molecule has 0 saturated carbocycles. The molecule has 1 aliphatic heterocycles. The predicted octanol–water partition coefficient (Wildman–Crippen LogP) is 2.06. The van der Waals surface area contributed by atoms with Crippen LogP contribution in [0.2, 0.25) is 0 Å². The van der Waals surface area contributed by atoms with Crippen LogP contribution in [-0.4, -0.2) is 44.6 Å². The second-order valence-electron chi connectivity index (χ2n) is 6.97. The van der Waals surface area contributed by atoms with Crippen LogP contribution in [0.5, 0.6) is 0 Å². The fraction of sp³-hybridized carbons (Fsp3) is 0.381. The van der Waals surface area contributed by atoms with Crippen molar-refractivity contribution in [3.63, 3.8) is 0 Å². The van der Waals surface area contributed by atoms with Gasteiger partial charge in [-0.1, -0.05) is 60.7 Å². The van der Waals surface area contributed by atoms with E-state index in [1.165, 1.54) is 0 Å². The van der Waals surface area contributed by atoms with Gasteiger partial charge in [0.2, 0.25) is 15.9 Å². The molecule has 1 saturated heterocycles. The van der Waals surface area contributed by atoms with Crippen molar-refractivity contribution in [3.05, 3.63) is 71.8 Å². The van der Waals surface area contributed by atoms with Crippen LogP contribution in [0.4, 0.5) is 0 Å². The zero-order valence-electron chi connectivity index (χ0n) is 15.9. The fourth-order valence-electron chi connectivity index (χ4n) is 3.43. The number of rotatable bonds is 9. The largest absolute Gasteiger partial charge is 0.353 e. The lowest BCUT2D eigenvalue weighted by molar-refractivity contribution is -0.126. The van der Waals surface area contributed by atoms with Gasteiger partial charge in [-0.2, -0.15) is 0 Å². The van der Waals surface area contributed by atoms with Crippen molar-refractivity contribution < 1.29 is 13.2 Å². The summed E-state index contributed by atoms with van der Waals surface area (Å²) in [5.41, 5.74) is 1.83. The van der Waals surface area contributed by atoms with Crippen molar-refractivity contribution in [2.45, 2.75) is 25.4 Å². The topological polar surface area (TPSA) is 78.5 Å². The molecule has 3 rings (SSSR count). The Morgan fingerprint density at radius 1 is 0.964 bits per heavy atom. The average molecular weight is 402 g/mol. The van der Waals surface area contributed by atoms with Gasteiger partial charge in [-0.15, -0.1) is 0 Å². The quantitative estimate of drug-likeness (QED) is 0.674. The van der Waals surface area contributed by atoms with E-state index in [4.69, 9.17) is 0 Å². The Kier molecular flexibility index (Phi) is 7.19. The number of carbonyl (C=O) groups excluding carboxylic acids is 1. The maximum Gasteiger partial charge on any atom is 0.241 e. The van der Waals surface area contributed by atoms with E-state index in [-0.39, 0.29) is 30.8 Å². The summed E-state index contributed by atoms with van der Waals surface area (Å²) in [4.78, 5) is 15.0. The molecule has 2 aromatic carbocycles. The van der Waals surface area contributed by atoms with Crippen LogP contribution in [0.1, 0.15) is 30.0 Å². The Bertz CT molecular complexity index is 851. The Hall–Kier alpha value is -2.22. The molecule has 2 N–H and O–H groups in total. The van der Waals surface area contributed by atoms with Gasteiger partial charge in [-0.3, -0.25) is 9.69 Å². The lowest BCUT2D eigenvalue weighted by atomic mass is 10.0. The van der Waals surface area contributed by atoms with Gasteiger partial charge in [-0.05, 0) is 37.1 Å². The Morgan fingerprint density at radius 2 is 1.57 bits per heavy atom. The number of hydrogen-bond donors (Lipinski definition) is 2. The first-order chi connectivity index (χ1) is 13.6. The highest BCUT2D eigenvalue weighted by Crippen LogP contribution is 2.25.